The van der Waals surface area contributed by atoms with Gasteiger partial charge in [-0.25, -0.2) is 9.59 Å². The van der Waals surface area contributed by atoms with E-state index in [0.29, 0.717) is 10.6 Å². The lowest BCUT2D eigenvalue weighted by Crippen LogP contribution is -2.43. The van der Waals surface area contributed by atoms with Crippen molar-refractivity contribution in [3.05, 3.63) is 16.0 Å². The maximum atomic E-state index is 12.3. The molecule has 0 aliphatic heterocycles. The minimum atomic E-state index is -1.16. The third-order valence-electron chi connectivity index (χ3n) is 3.00. The summed E-state index contributed by atoms with van der Waals surface area (Å²) in [5.41, 5.74) is 0.880. The molecule has 1 rings (SSSR count). The molecule has 9 heteroatoms. The van der Waals surface area contributed by atoms with Gasteiger partial charge in [0.15, 0.2) is 6.10 Å². The van der Waals surface area contributed by atoms with Crippen molar-refractivity contribution in [1.82, 2.24) is 10.6 Å². The predicted molar refractivity (Wildman–Crippen MR) is 85.6 cm³/mol. The van der Waals surface area contributed by atoms with Gasteiger partial charge >= 0.3 is 12.0 Å². The summed E-state index contributed by atoms with van der Waals surface area (Å²) in [7, 11) is 1.36. The van der Waals surface area contributed by atoms with Gasteiger partial charge in [0.1, 0.15) is 5.00 Å². The molecule has 0 aliphatic rings. The van der Waals surface area contributed by atoms with Crippen LogP contribution in [0.25, 0.3) is 0 Å². The van der Waals surface area contributed by atoms with Gasteiger partial charge in [-0.05, 0) is 26.3 Å². The molecule has 0 radical (unpaired) electrons. The van der Waals surface area contributed by atoms with E-state index in [0.717, 1.165) is 4.88 Å². The summed E-state index contributed by atoms with van der Waals surface area (Å²) in [6.45, 7) is 6.22. The van der Waals surface area contributed by atoms with Crippen LogP contribution in [0.15, 0.2) is 0 Å². The second-order valence-corrected chi connectivity index (χ2v) is 6.01. The molecular weight excluding hydrogens is 322 g/mol. The minimum absolute atomic E-state index is 0.210. The van der Waals surface area contributed by atoms with Crippen molar-refractivity contribution >= 4 is 40.2 Å². The number of carbonyl (C=O) groups is 4. The quantitative estimate of drug-likeness (QED) is 0.715. The molecule has 0 unspecified atom stereocenters. The van der Waals surface area contributed by atoms with E-state index in [1.807, 2.05) is 12.2 Å². The second-order valence-electron chi connectivity index (χ2n) is 4.78. The highest BCUT2D eigenvalue weighted by atomic mass is 32.1. The molecule has 1 aromatic rings. The largest absolute Gasteiger partial charge is 0.449 e. The molecule has 1 aromatic heterocycles. The number of ether oxygens (including phenoxy) is 1. The average Bonchev–Trinajstić information content (AvgIpc) is 2.72. The highest BCUT2D eigenvalue weighted by Crippen LogP contribution is 2.33. The maximum Gasteiger partial charge on any atom is 0.342 e. The lowest BCUT2D eigenvalue weighted by Gasteiger charge is -2.13. The Balaban J connectivity index is 2.91. The van der Waals surface area contributed by atoms with Crippen molar-refractivity contribution in [3.8, 4) is 0 Å². The zero-order valence-corrected chi connectivity index (χ0v) is 14.3. The van der Waals surface area contributed by atoms with E-state index in [2.05, 4.69) is 10.6 Å². The topological polar surface area (TPSA) is 114 Å². The molecule has 1 atom stereocenters. The number of carbonyl (C=O) groups excluding carboxylic acids is 4. The molecule has 3 N–H and O–H groups in total. The lowest BCUT2D eigenvalue weighted by molar-refractivity contribution is -0.127. The van der Waals surface area contributed by atoms with Gasteiger partial charge in [-0.2, -0.15) is 0 Å². The number of hydrogen-bond acceptors (Lipinski definition) is 6. The van der Waals surface area contributed by atoms with E-state index >= 15 is 0 Å². The first-order valence-corrected chi connectivity index (χ1v) is 7.60. The van der Waals surface area contributed by atoms with Crippen LogP contribution in [0.4, 0.5) is 9.80 Å². The molecule has 8 nitrogen and oxygen atoms in total. The third-order valence-corrected chi connectivity index (χ3v) is 4.12. The first-order valence-electron chi connectivity index (χ1n) is 6.78. The van der Waals surface area contributed by atoms with E-state index in [1.165, 1.54) is 32.2 Å². The van der Waals surface area contributed by atoms with E-state index in [4.69, 9.17) is 4.74 Å². The number of thiophene rings is 1. The van der Waals surface area contributed by atoms with Crippen LogP contribution in [0.5, 0.6) is 0 Å². The molecule has 0 fully saturated rings. The number of anilines is 1. The molecule has 23 heavy (non-hydrogen) atoms. The van der Waals surface area contributed by atoms with Crippen molar-refractivity contribution < 1.29 is 23.9 Å². The molecule has 1 heterocycles. The summed E-state index contributed by atoms with van der Waals surface area (Å²) >= 11 is 1.25. The molecular formula is C14H19N3O5S. The summed E-state index contributed by atoms with van der Waals surface area (Å²) in [6, 6.07) is -0.695. The number of urea groups is 1. The van der Waals surface area contributed by atoms with Crippen LogP contribution in [-0.4, -0.2) is 37.0 Å². The normalized spacial score (nSPS) is 11.3. The molecule has 0 saturated carbocycles. The Morgan fingerprint density at radius 3 is 2.30 bits per heavy atom. The maximum absolute atomic E-state index is 12.3. The molecule has 0 aliphatic carbocycles. The van der Waals surface area contributed by atoms with E-state index < -0.39 is 24.0 Å². The molecule has 126 valence electrons. The van der Waals surface area contributed by atoms with Crippen molar-refractivity contribution in [2.24, 2.45) is 0 Å². The molecule has 4 amide bonds. The van der Waals surface area contributed by atoms with Gasteiger partial charge in [0.25, 0.3) is 5.91 Å². The van der Waals surface area contributed by atoms with Gasteiger partial charge in [0.05, 0.1) is 5.56 Å². The Kier molecular flexibility index (Phi) is 6.26. The third kappa shape index (κ3) is 4.78. The highest BCUT2D eigenvalue weighted by Gasteiger charge is 2.26. The van der Waals surface area contributed by atoms with Crippen LogP contribution in [-0.2, 0) is 14.3 Å². The number of hydrogen-bond donors (Lipinski definition) is 3. The molecule has 0 bridgehead atoms. The number of nitrogens with one attached hydrogen (secondary N) is 3. The van der Waals surface area contributed by atoms with Crippen LogP contribution < -0.4 is 16.0 Å². The first kappa shape index (κ1) is 18.6. The van der Waals surface area contributed by atoms with Crippen LogP contribution in [0, 0.1) is 13.8 Å². The molecule has 0 spiro atoms. The van der Waals surface area contributed by atoms with Gasteiger partial charge < -0.3 is 15.4 Å². The van der Waals surface area contributed by atoms with Crippen LogP contribution >= 0.6 is 11.3 Å². The fourth-order valence-corrected chi connectivity index (χ4v) is 2.76. The summed E-state index contributed by atoms with van der Waals surface area (Å²) in [5.74, 6) is -1.80. The van der Waals surface area contributed by atoms with Gasteiger partial charge in [-0.3, -0.25) is 14.9 Å². The Hall–Kier alpha value is -2.42. The van der Waals surface area contributed by atoms with Crippen LogP contribution in [0.3, 0.4) is 0 Å². The highest BCUT2D eigenvalue weighted by molar-refractivity contribution is 7.16. The summed E-state index contributed by atoms with van der Waals surface area (Å²) < 4.78 is 5.08. The van der Waals surface area contributed by atoms with Gasteiger partial charge in [-0.15, -0.1) is 11.3 Å². The summed E-state index contributed by atoms with van der Waals surface area (Å²) in [5, 5.41) is 7.19. The zero-order chi connectivity index (χ0) is 17.7. The van der Waals surface area contributed by atoms with Crippen LogP contribution in [0.1, 0.15) is 34.6 Å². The SMILES string of the molecule is CNC(=O)NC(=O)[C@H](C)OC(=O)c1c(NC(C)=O)sc(C)c1C. The first-order chi connectivity index (χ1) is 10.7. The standard InChI is InChI=1S/C14H19N3O5S/c1-6-8(3)23-12(16-9(4)18)10(6)13(20)22-7(2)11(19)17-14(21)15-5/h7H,1-5H3,(H,16,18)(H2,15,17,19,21)/t7-/m0/s1. The summed E-state index contributed by atoms with van der Waals surface area (Å²) in [6.07, 6.45) is -1.16. The number of rotatable bonds is 4. The van der Waals surface area contributed by atoms with E-state index in [1.54, 1.807) is 6.92 Å². The van der Waals surface area contributed by atoms with Gasteiger partial charge in [0.2, 0.25) is 5.91 Å². The molecule has 0 saturated heterocycles. The Morgan fingerprint density at radius 2 is 1.78 bits per heavy atom. The minimum Gasteiger partial charge on any atom is -0.449 e. The van der Waals surface area contributed by atoms with Crippen molar-refractivity contribution in [2.45, 2.75) is 33.8 Å². The lowest BCUT2D eigenvalue weighted by atomic mass is 10.1. The number of amides is 4. The number of aryl methyl sites for hydroxylation is 1. The van der Waals surface area contributed by atoms with Crippen molar-refractivity contribution in [2.75, 3.05) is 12.4 Å². The van der Waals surface area contributed by atoms with Gasteiger partial charge in [-0.1, -0.05) is 0 Å². The smallest absolute Gasteiger partial charge is 0.342 e. The summed E-state index contributed by atoms with van der Waals surface area (Å²) in [4.78, 5) is 47.2. The zero-order valence-electron chi connectivity index (χ0n) is 13.5. The Bertz CT molecular complexity index is 653. The van der Waals surface area contributed by atoms with Crippen LogP contribution in [0.2, 0.25) is 0 Å². The fourth-order valence-electron chi connectivity index (χ4n) is 1.67. The Labute approximate surface area is 137 Å². The van der Waals surface area contributed by atoms with E-state index in [9.17, 15) is 19.2 Å². The van der Waals surface area contributed by atoms with E-state index in [-0.39, 0.29) is 11.5 Å². The predicted octanol–water partition coefficient (Wildman–Crippen LogP) is 1.32. The fraction of sp³-hybridized carbons (Fsp3) is 0.429. The Morgan fingerprint density at radius 1 is 1.17 bits per heavy atom. The molecule has 0 aromatic carbocycles. The van der Waals surface area contributed by atoms with Crippen molar-refractivity contribution in [1.29, 1.82) is 0 Å². The number of imide groups is 1. The monoisotopic (exact) mass is 341 g/mol. The number of esters is 1. The second kappa shape index (κ2) is 7.73. The van der Waals surface area contributed by atoms with Gasteiger partial charge in [0, 0.05) is 18.8 Å². The average molecular weight is 341 g/mol. The van der Waals surface area contributed by atoms with Crippen molar-refractivity contribution in [3.63, 3.8) is 0 Å².